The Balaban J connectivity index is 2.05. The van der Waals surface area contributed by atoms with Gasteiger partial charge in [0.05, 0.1) is 5.56 Å². The molecule has 0 heterocycles. The van der Waals surface area contributed by atoms with E-state index in [9.17, 15) is 18.0 Å². The second-order valence-electron chi connectivity index (χ2n) is 5.57. The number of aryl methyl sites for hydroxylation is 2. The molecular weight excluding hydrogens is 319 g/mol. The van der Waals surface area contributed by atoms with Crippen molar-refractivity contribution in [3.05, 3.63) is 59.2 Å². The number of halogens is 3. The summed E-state index contributed by atoms with van der Waals surface area (Å²) in [6.45, 7) is 5.43. The number of rotatable bonds is 4. The van der Waals surface area contributed by atoms with E-state index in [-0.39, 0.29) is 5.69 Å². The maximum atomic E-state index is 12.7. The Bertz CT molecular complexity index is 741. The number of hydrogen-bond acceptors (Lipinski definition) is 2. The second kappa shape index (κ2) is 6.95. The van der Waals surface area contributed by atoms with Crippen molar-refractivity contribution in [3.8, 4) is 5.75 Å². The molecule has 2 aromatic carbocycles. The van der Waals surface area contributed by atoms with E-state index in [0.29, 0.717) is 5.75 Å². The van der Waals surface area contributed by atoms with Crippen molar-refractivity contribution in [3.63, 3.8) is 0 Å². The lowest BCUT2D eigenvalue weighted by atomic mass is 10.1. The Hall–Kier alpha value is -2.50. The highest BCUT2D eigenvalue weighted by molar-refractivity contribution is 5.94. The molecule has 1 atom stereocenters. The van der Waals surface area contributed by atoms with Crippen LogP contribution < -0.4 is 10.1 Å². The van der Waals surface area contributed by atoms with Crippen molar-refractivity contribution < 1.29 is 22.7 Å². The van der Waals surface area contributed by atoms with Gasteiger partial charge >= 0.3 is 6.18 Å². The normalized spacial score (nSPS) is 12.6. The average molecular weight is 337 g/mol. The van der Waals surface area contributed by atoms with Gasteiger partial charge in [0.25, 0.3) is 5.91 Å². The van der Waals surface area contributed by atoms with E-state index >= 15 is 0 Å². The van der Waals surface area contributed by atoms with Gasteiger partial charge in [0.1, 0.15) is 5.75 Å². The van der Waals surface area contributed by atoms with Crippen LogP contribution in [0.25, 0.3) is 0 Å². The predicted molar refractivity (Wildman–Crippen MR) is 86.1 cm³/mol. The van der Waals surface area contributed by atoms with Gasteiger partial charge in [-0.1, -0.05) is 12.1 Å². The van der Waals surface area contributed by atoms with Crippen LogP contribution in [0.15, 0.2) is 42.5 Å². The van der Waals surface area contributed by atoms with E-state index in [4.69, 9.17) is 4.74 Å². The Labute approximate surface area is 138 Å². The Morgan fingerprint density at radius 1 is 1.08 bits per heavy atom. The summed E-state index contributed by atoms with van der Waals surface area (Å²) in [5.41, 5.74) is 1.38. The molecule has 6 heteroatoms. The van der Waals surface area contributed by atoms with Gasteiger partial charge in [-0.25, -0.2) is 0 Å². The number of anilines is 1. The van der Waals surface area contributed by atoms with Crippen molar-refractivity contribution in [2.75, 3.05) is 5.32 Å². The molecule has 3 nitrogen and oxygen atoms in total. The molecule has 2 rings (SSSR count). The van der Waals surface area contributed by atoms with Crippen LogP contribution in [0.2, 0.25) is 0 Å². The third kappa shape index (κ3) is 4.50. The molecule has 0 aliphatic carbocycles. The molecule has 0 bridgehead atoms. The van der Waals surface area contributed by atoms with Crippen LogP contribution in [0.4, 0.5) is 18.9 Å². The first-order valence-electron chi connectivity index (χ1n) is 7.39. The third-order valence-corrected chi connectivity index (χ3v) is 3.62. The van der Waals surface area contributed by atoms with Gasteiger partial charge < -0.3 is 10.1 Å². The largest absolute Gasteiger partial charge is 0.481 e. The minimum atomic E-state index is -4.46. The van der Waals surface area contributed by atoms with E-state index in [1.807, 2.05) is 26.0 Å². The van der Waals surface area contributed by atoms with Gasteiger partial charge in [-0.15, -0.1) is 0 Å². The maximum Gasteiger partial charge on any atom is 0.416 e. The number of nitrogens with one attached hydrogen (secondary N) is 1. The molecule has 0 fully saturated rings. The summed E-state index contributed by atoms with van der Waals surface area (Å²) in [7, 11) is 0. The standard InChI is InChI=1S/C18H18F3NO2/c1-11-7-8-16(9-12(11)2)24-13(3)17(23)22-15-6-4-5-14(10-15)18(19,20)21/h4-10,13H,1-3H3,(H,22,23)/t13-/m1/s1. The van der Waals surface area contributed by atoms with Crippen molar-refractivity contribution in [1.29, 1.82) is 0 Å². The highest BCUT2D eigenvalue weighted by Gasteiger charge is 2.30. The van der Waals surface area contributed by atoms with Gasteiger partial charge in [-0.05, 0) is 62.2 Å². The summed E-state index contributed by atoms with van der Waals surface area (Å²) < 4.78 is 43.6. The van der Waals surface area contributed by atoms with Crippen LogP contribution in [0.1, 0.15) is 23.6 Å². The van der Waals surface area contributed by atoms with Crippen molar-refractivity contribution in [2.45, 2.75) is 33.1 Å². The molecule has 128 valence electrons. The molecule has 0 spiro atoms. The Kier molecular flexibility index (Phi) is 5.17. The van der Waals surface area contributed by atoms with E-state index in [2.05, 4.69) is 5.32 Å². The zero-order chi connectivity index (χ0) is 17.9. The second-order valence-corrected chi connectivity index (χ2v) is 5.57. The van der Waals surface area contributed by atoms with Gasteiger partial charge in [0, 0.05) is 5.69 Å². The Morgan fingerprint density at radius 2 is 1.79 bits per heavy atom. The van der Waals surface area contributed by atoms with Gasteiger partial charge in [0.15, 0.2) is 6.10 Å². The summed E-state index contributed by atoms with van der Waals surface area (Å²) >= 11 is 0. The van der Waals surface area contributed by atoms with E-state index in [0.717, 1.165) is 23.3 Å². The minimum Gasteiger partial charge on any atom is -0.481 e. The number of ether oxygens (including phenoxy) is 1. The van der Waals surface area contributed by atoms with Crippen molar-refractivity contribution in [2.24, 2.45) is 0 Å². The molecule has 2 aromatic rings. The number of benzene rings is 2. The zero-order valence-electron chi connectivity index (χ0n) is 13.6. The topological polar surface area (TPSA) is 38.3 Å². The van der Waals surface area contributed by atoms with Crippen LogP contribution in [0, 0.1) is 13.8 Å². The average Bonchev–Trinajstić information content (AvgIpc) is 2.50. The first kappa shape index (κ1) is 17.8. The SMILES string of the molecule is Cc1ccc(O[C@H](C)C(=O)Nc2cccc(C(F)(F)F)c2)cc1C. The van der Waals surface area contributed by atoms with E-state index in [1.165, 1.54) is 19.1 Å². The molecule has 0 saturated heterocycles. The van der Waals surface area contributed by atoms with Crippen LogP contribution in [-0.4, -0.2) is 12.0 Å². The first-order chi connectivity index (χ1) is 11.2. The number of carbonyl (C=O) groups is 1. The number of carbonyl (C=O) groups excluding carboxylic acids is 1. The lowest BCUT2D eigenvalue weighted by molar-refractivity contribution is -0.137. The number of amides is 1. The highest BCUT2D eigenvalue weighted by atomic mass is 19.4. The molecule has 0 aliphatic heterocycles. The molecule has 1 N–H and O–H groups in total. The summed E-state index contributed by atoms with van der Waals surface area (Å²) in [5, 5.41) is 2.44. The minimum absolute atomic E-state index is 0.0744. The summed E-state index contributed by atoms with van der Waals surface area (Å²) in [6, 6.07) is 9.91. The maximum absolute atomic E-state index is 12.7. The lowest BCUT2D eigenvalue weighted by Gasteiger charge is -2.16. The third-order valence-electron chi connectivity index (χ3n) is 3.62. The summed E-state index contributed by atoms with van der Waals surface area (Å²) in [5.74, 6) is 0.0114. The van der Waals surface area contributed by atoms with Crippen LogP contribution in [0.5, 0.6) is 5.75 Å². The molecular formula is C18H18F3NO2. The smallest absolute Gasteiger partial charge is 0.416 e. The fourth-order valence-electron chi connectivity index (χ4n) is 2.06. The molecule has 0 unspecified atom stereocenters. The fraction of sp³-hybridized carbons (Fsp3) is 0.278. The molecule has 0 aliphatic rings. The first-order valence-corrected chi connectivity index (χ1v) is 7.39. The summed E-state index contributed by atoms with van der Waals surface area (Å²) in [4.78, 5) is 12.1. The Morgan fingerprint density at radius 3 is 2.42 bits per heavy atom. The van der Waals surface area contributed by atoms with Gasteiger partial charge in [-0.3, -0.25) is 4.79 Å². The molecule has 1 amide bonds. The molecule has 0 saturated carbocycles. The number of hydrogen-bond donors (Lipinski definition) is 1. The van der Waals surface area contributed by atoms with Crippen molar-refractivity contribution >= 4 is 11.6 Å². The quantitative estimate of drug-likeness (QED) is 0.876. The van der Waals surface area contributed by atoms with Crippen LogP contribution >= 0.6 is 0 Å². The molecule has 0 radical (unpaired) electrons. The van der Waals surface area contributed by atoms with E-state index < -0.39 is 23.8 Å². The van der Waals surface area contributed by atoms with Crippen LogP contribution in [0.3, 0.4) is 0 Å². The van der Waals surface area contributed by atoms with E-state index in [1.54, 1.807) is 6.07 Å². The fourth-order valence-corrected chi connectivity index (χ4v) is 2.06. The lowest BCUT2D eigenvalue weighted by Crippen LogP contribution is -2.30. The van der Waals surface area contributed by atoms with Crippen molar-refractivity contribution in [1.82, 2.24) is 0 Å². The van der Waals surface area contributed by atoms with Gasteiger partial charge in [-0.2, -0.15) is 13.2 Å². The number of alkyl halides is 3. The summed E-state index contributed by atoms with van der Waals surface area (Å²) in [6.07, 6.45) is -5.30. The highest BCUT2D eigenvalue weighted by Crippen LogP contribution is 2.30. The molecule has 0 aromatic heterocycles. The van der Waals surface area contributed by atoms with Crippen LogP contribution in [-0.2, 0) is 11.0 Å². The zero-order valence-corrected chi connectivity index (χ0v) is 13.6. The molecule has 24 heavy (non-hydrogen) atoms. The predicted octanol–water partition coefficient (Wildman–Crippen LogP) is 4.73. The van der Waals surface area contributed by atoms with Gasteiger partial charge in [0.2, 0.25) is 0 Å². The monoisotopic (exact) mass is 337 g/mol.